The number of aliphatic hydroxyl groups is 1. The molecular weight excluding hydrogens is 706 g/mol. The number of benzene rings is 2. The fraction of sp³-hybridized carbons (Fsp3) is 0.316. The standard InChI is InChI=1S/C38H45N11O6/c1-6-48-30(19-24(3)44-48)35(53)42-37(40-5)46(28-13-11-27(12-14-28)34(39)52)15-8-9-16-47-33-29(21-26(23-51)22-32(33)55-18-10-17-50)41-38(47)43-36(54)31-20-25(4)45-49(31)7-2/h8-9,11-14,19-23,50H,6-7,10,15-18H2,1-5H3,(H2,39,52)(H,40,42,53)(H,41,43,54)/b9-8+. The van der Waals surface area contributed by atoms with Crippen LogP contribution in [0, 0.1) is 13.8 Å². The number of aliphatic hydroxyl groups excluding tert-OH is 1. The first-order valence-corrected chi connectivity index (χ1v) is 17.8. The first-order chi connectivity index (χ1) is 26.5. The summed E-state index contributed by atoms with van der Waals surface area (Å²) in [5, 5.41) is 24.0. The normalized spacial score (nSPS) is 11.6. The molecule has 5 rings (SSSR count). The Labute approximate surface area is 317 Å². The smallest absolute Gasteiger partial charge is 0.276 e. The Morgan fingerprint density at radius 3 is 2.20 bits per heavy atom. The molecule has 5 aromatic rings. The lowest BCUT2D eigenvalue weighted by Gasteiger charge is -2.25. The zero-order valence-corrected chi connectivity index (χ0v) is 31.4. The van der Waals surface area contributed by atoms with E-state index in [1.54, 1.807) is 81.3 Å². The molecular formula is C38H45N11O6. The summed E-state index contributed by atoms with van der Waals surface area (Å²) in [6, 6.07) is 13.2. The van der Waals surface area contributed by atoms with Crippen LogP contribution in [-0.2, 0) is 19.6 Å². The van der Waals surface area contributed by atoms with Gasteiger partial charge in [0.2, 0.25) is 17.8 Å². The second kappa shape index (κ2) is 17.9. The average molecular weight is 752 g/mol. The zero-order valence-electron chi connectivity index (χ0n) is 31.4. The number of fused-ring (bicyclic) bond motifs is 1. The summed E-state index contributed by atoms with van der Waals surface area (Å²) < 4.78 is 11.0. The van der Waals surface area contributed by atoms with Gasteiger partial charge in [-0.05, 0) is 76.2 Å². The molecule has 0 spiro atoms. The predicted octanol–water partition coefficient (Wildman–Crippen LogP) is 3.49. The van der Waals surface area contributed by atoms with Crippen LogP contribution >= 0.6 is 0 Å². The molecule has 0 atom stereocenters. The van der Waals surface area contributed by atoms with Gasteiger partial charge in [0.15, 0.2) is 0 Å². The van der Waals surface area contributed by atoms with Gasteiger partial charge in [-0.15, -0.1) is 0 Å². The Bertz CT molecular complexity index is 2250. The molecule has 55 heavy (non-hydrogen) atoms. The maximum absolute atomic E-state index is 13.6. The molecule has 0 aliphatic heterocycles. The molecule has 17 nitrogen and oxygen atoms in total. The molecule has 0 unspecified atom stereocenters. The SMILES string of the molecule is CCn1nc(C)cc1C(=O)NC(=NC)N(C/C=C/Cn1c(NC(=O)c2cc(C)nn2CC)nc2cc(C=O)cc(OCCCO)c21)c1ccc(C(N)=O)cc1. The molecule has 3 heterocycles. The Hall–Kier alpha value is -6.62. The van der Waals surface area contributed by atoms with Crippen LogP contribution in [0.15, 0.2) is 65.7 Å². The molecule has 17 heteroatoms. The van der Waals surface area contributed by atoms with Crippen molar-refractivity contribution in [2.24, 2.45) is 10.7 Å². The number of aliphatic imine (C=N–C) groups is 1. The van der Waals surface area contributed by atoms with E-state index in [0.29, 0.717) is 82.2 Å². The molecule has 3 aromatic heterocycles. The average Bonchev–Trinajstić information content (AvgIpc) is 3.87. The minimum Gasteiger partial charge on any atom is -0.491 e. The van der Waals surface area contributed by atoms with E-state index in [1.165, 1.54) is 0 Å². The van der Waals surface area contributed by atoms with Gasteiger partial charge >= 0.3 is 0 Å². The van der Waals surface area contributed by atoms with Gasteiger partial charge in [0, 0.05) is 63.1 Å². The number of guanidine groups is 1. The molecule has 0 aliphatic carbocycles. The molecule has 0 aliphatic rings. The van der Waals surface area contributed by atoms with Gasteiger partial charge in [-0.1, -0.05) is 12.2 Å². The van der Waals surface area contributed by atoms with Crippen molar-refractivity contribution in [3.05, 3.63) is 94.6 Å². The Kier molecular flexibility index (Phi) is 12.9. The lowest BCUT2D eigenvalue weighted by Crippen LogP contribution is -2.45. The van der Waals surface area contributed by atoms with Crippen molar-refractivity contribution in [1.82, 2.24) is 34.4 Å². The van der Waals surface area contributed by atoms with Crippen LogP contribution in [0.25, 0.3) is 11.0 Å². The number of aryl methyl sites for hydroxylation is 4. The highest BCUT2D eigenvalue weighted by Crippen LogP contribution is 2.31. The summed E-state index contributed by atoms with van der Waals surface area (Å²) in [7, 11) is 1.55. The molecule has 2 aromatic carbocycles. The third-order valence-corrected chi connectivity index (χ3v) is 8.52. The third-order valence-electron chi connectivity index (χ3n) is 8.52. The van der Waals surface area contributed by atoms with Crippen LogP contribution < -0.4 is 26.0 Å². The van der Waals surface area contributed by atoms with Crippen LogP contribution in [0.4, 0.5) is 11.6 Å². The number of aldehydes is 1. The van der Waals surface area contributed by atoms with Crippen molar-refractivity contribution in [3.8, 4) is 5.75 Å². The van der Waals surface area contributed by atoms with Gasteiger partial charge in [-0.3, -0.25) is 44.2 Å². The summed E-state index contributed by atoms with van der Waals surface area (Å²) in [6.45, 7) is 8.84. The second-order valence-corrected chi connectivity index (χ2v) is 12.4. The number of anilines is 2. The van der Waals surface area contributed by atoms with Crippen molar-refractivity contribution in [2.75, 3.05) is 37.0 Å². The molecule has 288 valence electrons. The summed E-state index contributed by atoms with van der Waals surface area (Å²) in [4.78, 5) is 61.6. The van der Waals surface area contributed by atoms with Crippen molar-refractivity contribution >= 4 is 52.6 Å². The summed E-state index contributed by atoms with van der Waals surface area (Å²) in [6.07, 6.45) is 4.74. The van der Waals surface area contributed by atoms with Crippen molar-refractivity contribution in [2.45, 2.75) is 53.8 Å². The van der Waals surface area contributed by atoms with Crippen LogP contribution in [-0.4, -0.2) is 91.0 Å². The number of amides is 3. The van der Waals surface area contributed by atoms with Gasteiger partial charge in [-0.2, -0.15) is 10.2 Å². The van der Waals surface area contributed by atoms with E-state index in [9.17, 15) is 24.3 Å². The number of nitrogens with two attached hydrogens (primary N) is 1. The second-order valence-electron chi connectivity index (χ2n) is 12.4. The number of ether oxygens (including phenoxy) is 1. The van der Waals surface area contributed by atoms with Gasteiger partial charge in [0.1, 0.15) is 28.9 Å². The van der Waals surface area contributed by atoms with Crippen LogP contribution in [0.3, 0.4) is 0 Å². The van der Waals surface area contributed by atoms with Gasteiger partial charge < -0.3 is 25.0 Å². The Balaban J connectivity index is 1.51. The first-order valence-electron chi connectivity index (χ1n) is 17.8. The number of carbonyl (C=O) groups is 4. The van der Waals surface area contributed by atoms with E-state index >= 15 is 0 Å². The zero-order chi connectivity index (χ0) is 39.6. The molecule has 5 N–H and O–H groups in total. The highest BCUT2D eigenvalue weighted by molar-refractivity contribution is 6.10. The monoisotopic (exact) mass is 751 g/mol. The van der Waals surface area contributed by atoms with E-state index in [2.05, 4.69) is 25.8 Å². The van der Waals surface area contributed by atoms with Gasteiger partial charge in [0.05, 0.1) is 23.5 Å². The molecule has 3 amide bonds. The van der Waals surface area contributed by atoms with Crippen molar-refractivity contribution < 1.29 is 29.0 Å². The predicted molar refractivity (Wildman–Crippen MR) is 208 cm³/mol. The Morgan fingerprint density at radius 2 is 1.62 bits per heavy atom. The van der Waals surface area contributed by atoms with Crippen LogP contribution in [0.1, 0.15) is 73.3 Å². The van der Waals surface area contributed by atoms with Gasteiger partial charge in [-0.25, -0.2) is 4.98 Å². The largest absolute Gasteiger partial charge is 0.491 e. The number of imidazole rings is 1. The lowest BCUT2D eigenvalue weighted by molar-refractivity contribution is 0.0963. The number of hydrogen-bond acceptors (Lipinski definition) is 10. The number of rotatable bonds is 16. The number of primary amides is 1. The van der Waals surface area contributed by atoms with Crippen LogP contribution in [0.2, 0.25) is 0 Å². The molecule has 0 radical (unpaired) electrons. The third kappa shape index (κ3) is 9.13. The molecule has 0 saturated carbocycles. The van der Waals surface area contributed by atoms with Crippen molar-refractivity contribution in [1.29, 1.82) is 0 Å². The van der Waals surface area contributed by atoms with E-state index in [0.717, 1.165) is 0 Å². The molecule has 0 saturated heterocycles. The Morgan fingerprint density at radius 1 is 0.964 bits per heavy atom. The number of nitrogens with zero attached hydrogens (tertiary/aromatic N) is 8. The maximum Gasteiger partial charge on any atom is 0.276 e. The van der Waals surface area contributed by atoms with E-state index in [1.807, 2.05) is 32.9 Å². The minimum absolute atomic E-state index is 0.0858. The number of carbonyl (C=O) groups excluding carboxylic acids is 4. The fourth-order valence-electron chi connectivity index (χ4n) is 5.94. The molecule has 0 fully saturated rings. The quantitative estimate of drug-likeness (QED) is 0.0378. The maximum atomic E-state index is 13.6. The summed E-state index contributed by atoms with van der Waals surface area (Å²) in [5.41, 5.74) is 9.78. The minimum atomic E-state index is -0.580. The van der Waals surface area contributed by atoms with E-state index in [-0.39, 0.29) is 38.2 Å². The number of nitrogens with one attached hydrogen (secondary N) is 2. The number of aromatic nitrogens is 6. The topological polar surface area (TPSA) is 217 Å². The summed E-state index contributed by atoms with van der Waals surface area (Å²) in [5.74, 6) is -0.627. The van der Waals surface area contributed by atoms with E-state index in [4.69, 9.17) is 15.5 Å². The highest BCUT2D eigenvalue weighted by atomic mass is 16.5. The highest BCUT2D eigenvalue weighted by Gasteiger charge is 2.22. The van der Waals surface area contributed by atoms with Gasteiger partial charge in [0.25, 0.3) is 11.8 Å². The van der Waals surface area contributed by atoms with Crippen LogP contribution in [0.5, 0.6) is 5.75 Å². The van der Waals surface area contributed by atoms with E-state index < -0.39 is 17.7 Å². The molecule has 0 bridgehead atoms. The fourth-order valence-corrected chi connectivity index (χ4v) is 5.94. The first kappa shape index (κ1) is 39.6. The summed E-state index contributed by atoms with van der Waals surface area (Å²) >= 11 is 0. The lowest BCUT2D eigenvalue weighted by atomic mass is 10.2. The number of hydrogen-bond donors (Lipinski definition) is 4. The number of allylic oxidation sites excluding steroid dienone is 1. The van der Waals surface area contributed by atoms with Crippen molar-refractivity contribution in [3.63, 3.8) is 0 Å².